The van der Waals surface area contributed by atoms with Crippen LogP contribution < -0.4 is 0 Å². The molecular weight excluding hydrogens is 292 g/mol. The lowest BCUT2D eigenvalue weighted by atomic mass is 10.1. The Morgan fingerprint density at radius 1 is 0.773 bits per heavy atom. The zero-order chi connectivity index (χ0) is 15.0. The van der Waals surface area contributed by atoms with E-state index in [0.717, 1.165) is 17.9 Å². The Bertz CT molecular complexity index is 492. The molecule has 1 saturated heterocycles. The molecule has 22 heavy (non-hydrogen) atoms. The normalized spacial score (nSPS) is 21.6. The van der Waals surface area contributed by atoms with E-state index in [-0.39, 0.29) is 12.2 Å². The van der Waals surface area contributed by atoms with Crippen molar-refractivity contribution in [2.75, 3.05) is 11.5 Å². The van der Waals surface area contributed by atoms with Gasteiger partial charge in [-0.3, -0.25) is 0 Å². The fraction of sp³-hybridized carbons (Fsp3) is 0.368. The SMILES string of the molecule is c1ccc(CO[C@@H]2CCSC[C@H]2OCc2ccccc2)cc1. The summed E-state index contributed by atoms with van der Waals surface area (Å²) in [5, 5.41) is 0. The third-order valence-electron chi connectivity index (χ3n) is 3.86. The van der Waals surface area contributed by atoms with Crippen LogP contribution in [0, 0.1) is 0 Å². The maximum atomic E-state index is 6.13. The minimum atomic E-state index is 0.183. The number of hydrogen-bond acceptors (Lipinski definition) is 3. The molecule has 0 unspecified atom stereocenters. The largest absolute Gasteiger partial charge is 0.371 e. The van der Waals surface area contributed by atoms with Gasteiger partial charge in [0, 0.05) is 5.75 Å². The molecule has 0 aliphatic carbocycles. The number of benzene rings is 2. The highest BCUT2D eigenvalue weighted by Gasteiger charge is 2.27. The van der Waals surface area contributed by atoms with E-state index in [1.807, 2.05) is 23.9 Å². The highest BCUT2D eigenvalue weighted by atomic mass is 32.2. The summed E-state index contributed by atoms with van der Waals surface area (Å²) in [5.74, 6) is 2.18. The van der Waals surface area contributed by atoms with E-state index in [0.29, 0.717) is 13.2 Å². The van der Waals surface area contributed by atoms with Gasteiger partial charge in [0.2, 0.25) is 0 Å². The molecule has 0 spiro atoms. The fourth-order valence-corrected chi connectivity index (χ4v) is 3.70. The van der Waals surface area contributed by atoms with Gasteiger partial charge in [-0.25, -0.2) is 0 Å². The summed E-state index contributed by atoms with van der Waals surface area (Å²) in [4.78, 5) is 0. The zero-order valence-electron chi connectivity index (χ0n) is 12.7. The lowest BCUT2D eigenvalue weighted by Gasteiger charge is -2.31. The molecule has 0 aromatic heterocycles. The van der Waals surface area contributed by atoms with Crippen molar-refractivity contribution in [1.82, 2.24) is 0 Å². The average molecular weight is 314 g/mol. The predicted octanol–water partition coefficient (Wildman–Crippen LogP) is 4.29. The maximum absolute atomic E-state index is 6.13. The summed E-state index contributed by atoms with van der Waals surface area (Å²) in [5.41, 5.74) is 2.45. The van der Waals surface area contributed by atoms with Crippen LogP contribution >= 0.6 is 11.8 Å². The summed E-state index contributed by atoms with van der Waals surface area (Å²) < 4.78 is 12.3. The van der Waals surface area contributed by atoms with Gasteiger partial charge in [-0.2, -0.15) is 11.8 Å². The van der Waals surface area contributed by atoms with Gasteiger partial charge in [0.05, 0.1) is 25.4 Å². The Labute approximate surface area is 136 Å². The summed E-state index contributed by atoms with van der Waals surface area (Å²) in [6.45, 7) is 1.33. The smallest absolute Gasteiger partial charge is 0.0931 e. The first-order valence-electron chi connectivity index (χ1n) is 7.80. The quantitative estimate of drug-likeness (QED) is 0.792. The molecule has 116 valence electrons. The Hall–Kier alpha value is -1.29. The lowest BCUT2D eigenvalue weighted by Crippen LogP contribution is -2.37. The highest BCUT2D eigenvalue weighted by molar-refractivity contribution is 7.99. The van der Waals surface area contributed by atoms with Crippen LogP contribution in [0.3, 0.4) is 0 Å². The van der Waals surface area contributed by atoms with Crippen LogP contribution in [-0.2, 0) is 22.7 Å². The second-order valence-electron chi connectivity index (χ2n) is 5.53. The molecule has 2 aromatic carbocycles. The second-order valence-corrected chi connectivity index (χ2v) is 6.68. The predicted molar refractivity (Wildman–Crippen MR) is 92.0 cm³/mol. The molecule has 3 rings (SSSR count). The first-order valence-corrected chi connectivity index (χ1v) is 8.96. The van der Waals surface area contributed by atoms with Crippen LogP contribution in [0.25, 0.3) is 0 Å². The molecule has 3 heteroatoms. The lowest BCUT2D eigenvalue weighted by molar-refractivity contribution is -0.0780. The van der Waals surface area contributed by atoms with Crippen molar-refractivity contribution in [2.45, 2.75) is 31.8 Å². The van der Waals surface area contributed by atoms with Gasteiger partial charge in [-0.05, 0) is 23.3 Å². The molecule has 1 heterocycles. The number of ether oxygens (including phenoxy) is 2. The molecule has 2 atom stereocenters. The Morgan fingerprint density at radius 3 is 1.91 bits per heavy atom. The monoisotopic (exact) mass is 314 g/mol. The zero-order valence-corrected chi connectivity index (χ0v) is 13.5. The molecule has 0 radical (unpaired) electrons. The van der Waals surface area contributed by atoms with Gasteiger partial charge < -0.3 is 9.47 Å². The summed E-state index contributed by atoms with van der Waals surface area (Å²) in [6.07, 6.45) is 1.45. The van der Waals surface area contributed by atoms with E-state index >= 15 is 0 Å². The van der Waals surface area contributed by atoms with Crippen LogP contribution in [0.15, 0.2) is 60.7 Å². The maximum Gasteiger partial charge on any atom is 0.0931 e. The van der Waals surface area contributed by atoms with Crippen molar-refractivity contribution < 1.29 is 9.47 Å². The molecular formula is C19H22O2S. The van der Waals surface area contributed by atoms with Gasteiger partial charge in [-0.1, -0.05) is 60.7 Å². The third-order valence-corrected chi connectivity index (χ3v) is 4.95. The van der Waals surface area contributed by atoms with Crippen molar-refractivity contribution in [2.24, 2.45) is 0 Å². The van der Waals surface area contributed by atoms with Gasteiger partial charge in [0.1, 0.15) is 0 Å². The van der Waals surface area contributed by atoms with Gasteiger partial charge >= 0.3 is 0 Å². The fourth-order valence-electron chi connectivity index (χ4n) is 2.59. The van der Waals surface area contributed by atoms with Crippen molar-refractivity contribution in [3.8, 4) is 0 Å². The van der Waals surface area contributed by atoms with Crippen molar-refractivity contribution >= 4 is 11.8 Å². The van der Waals surface area contributed by atoms with Gasteiger partial charge in [-0.15, -0.1) is 0 Å². The van der Waals surface area contributed by atoms with Gasteiger partial charge in [0.15, 0.2) is 0 Å². The molecule has 0 amide bonds. The van der Waals surface area contributed by atoms with Crippen molar-refractivity contribution in [1.29, 1.82) is 0 Å². The van der Waals surface area contributed by atoms with E-state index in [4.69, 9.17) is 9.47 Å². The van der Waals surface area contributed by atoms with E-state index in [2.05, 4.69) is 48.5 Å². The van der Waals surface area contributed by atoms with Crippen LogP contribution in [0.4, 0.5) is 0 Å². The number of rotatable bonds is 6. The average Bonchev–Trinajstić information content (AvgIpc) is 2.61. The number of hydrogen-bond donors (Lipinski definition) is 0. The van der Waals surface area contributed by atoms with Crippen LogP contribution in [0.2, 0.25) is 0 Å². The molecule has 0 N–H and O–H groups in total. The van der Waals surface area contributed by atoms with E-state index < -0.39 is 0 Å². The molecule has 0 saturated carbocycles. The van der Waals surface area contributed by atoms with E-state index in [1.54, 1.807) is 0 Å². The van der Waals surface area contributed by atoms with E-state index in [9.17, 15) is 0 Å². The Kier molecular flexibility index (Phi) is 5.94. The second kappa shape index (κ2) is 8.37. The Balaban J connectivity index is 1.52. The molecule has 2 nitrogen and oxygen atoms in total. The minimum absolute atomic E-state index is 0.183. The minimum Gasteiger partial charge on any atom is -0.371 e. The molecule has 1 aliphatic heterocycles. The van der Waals surface area contributed by atoms with Gasteiger partial charge in [0.25, 0.3) is 0 Å². The van der Waals surface area contributed by atoms with Crippen LogP contribution in [-0.4, -0.2) is 23.7 Å². The first-order chi connectivity index (χ1) is 10.9. The molecule has 1 aliphatic rings. The standard InChI is InChI=1S/C19H22O2S/c1-3-7-16(8-4-1)13-20-18-11-12-22-15-19(18)21-14-17-9-5-2-6-10-17/h1-10,18-19H,11-15H2/t18-,19-/m1/s1. The molecule has 1 fully saturated rings. The van der Waals surface area contributed by atoms with Crippen LogP contribution in [0.5, 0.6) is 0 Å². The summed E-state index contributed by atoms with van der Waals surface area (Å²) >= 11 is 1.96. The molecule has 0 bridgehead atoms. The summed E-state index contributed by atoms with van der Waals surface area (Å²) in [6, 6.07) is 20.7. The third kappa shape index (κ3) is 4.60. The summed E-state index contributed by atoms with van der Waals surface area (Å²) in [7, 11) is 0. The van der Waals surface area contributed by atoms with Crippen LogP contribution in [0.1, 0.15) is 17.5 Å². The van der Waals surface area contributed by atoms with Crippen molar-refractivity contribution in [3.05, 3.63) is 71.8 Å². The first kappa shape index (κ1) is 15.6. The van der Waals surface area contributed by atoms with Crippen molar-refractivity contribution in [3.63, 3.8) is 0 Å². The van der Waals surface area contributed by atoms with E-state index in [1.165, 1.54) is 11.1 Å². The molecule has 2 aromatic rings. The highest BCUT2D eigenvalue weighted by Crippen LogP contribution is 2.24. The topological polar surface area (TPSA) is 18.5 Å². The number of thioether (sulfide) groups is 1. The Morgan fingerprint density at radius 2 is 1.32 bits per heavy atom.